The Kier molecular flexibility index (Phi) is 6.34. The zero-order valence-electron chi connectivity index (χ0n) is 21.1. The molecule has 0 radical (unpaired) electrons. The van der Waals surface area contributed by atoms with Gasteiger partial charge in [-0.25, -0.2) is 8.42 Å². The van der Waals surface area contributed by atoms with Gasteiger partial charge in [-0.05, 0) is 58.1 Å². The van der Waals surface area contributed by atoms with Crippen molar-refractivity contribution < 1.29 is 17.9 Å². The van der Waals surface area contributed by atoms with Crippen LogP contribution in [0.2, 0.25) is 0 Å². The molecule has 2 heterocycles. The minimum atomic E-state index is -3.95. The highest BCUT2D eigenvalue weighted by atomic mass is 32.2. The van der Waals surface area contributed by atoms with Crippen molar-refractivity contribution in [1.29, 1.82) is 0 Å². The normalized spacial score (nSPS) is 16.9. The molecule has 1 saturated heterocycles. The van der Waals surface area contributed by atoms with Crippen molar-refractivity contribution in [3.05, 3.63) is 92.1 Å². The average molecular weight is 487 g/mol. The maximum Gasteiger partial charge on any atom is 0.230 e. The van der Waals surface area contributed by atoms with E-state index >= 15 is 0 Å². The van der Waals surface area contributed by atoms with E-state index in [1.807, 2.05) is 48.5 Å². The van der Waals surface area contributed by atoms with Crippen molar-refractivity contribution in [2.24, 2.45) is 0 Å². The first kappa shape index (κ1) is 24.7. The van der Waals surface area contributed by atoms with Crippen LogP contribution in [0.1, 0.15) is 63.8 Å². The summed E-state index contributed by atoms with van der Waals surface area (Å²) in [7, 11) is -3.95. The lowest BCUT2D eigenvalue weighted by molar-refractivity contribution is 0.0600. The Morgan fingerprint density at radius 3 is 1.26 bits per heavy atom. The van der Waals surface area contributed by atoms with E-state index in [1.165, 1.54) is 11.1 Å². The highest BCUT2D eigenvalue weighted by molar-refractivity contribution is 7.99. The Labute approximate surface area is 209 Å². The summed E-state index contributed by atoms with van der Waals surface area (Å²) in [6.45, 7) is 13.4. The minimum Gasteiger partial charge on any atom is -0.484 e. The van der Waals surface area contributed by atoms with Crippen molar-refractivity contribution in [1.82, 2.24) is 0 Å². The summed E-state index contributed by atoms with van der Waals surface area (Å²) in [6.07, 6.45) is 0. The first-order valence-electron chi connectivity index (χ1n) is 11.6. The van der Waals surface area contributed by atoms with Crippen LogP contribution >= 0.6 is 0 Å². The zero-order valence-corrected chi connectivity index (χ0v) is 21.9. The smallest absolute Gasteiger partial charge is 0.230 e. The topological polar surface area (TPSA) is 52.6 Å². The second-order valence-electron chi connectivity index (χ2n) is 10.7. The fraction of sp³-hybridized carbons (Fsp3) is 0.333. The van der Waals surface area contributed by atoms with Crippen LogP contribution in [0.25, 0.3) is 0 Å². The molecular formula is C30H30O4S. The van der Waals surface area contributed by atoms with Gasteiger partial charge < -0.3 is 9.47 Å². The van der Waals surface area contributed by atoms with E-state index in [4.69, 9.17) is 9.47 Å². The molecule has 35 heavy (non-hydrogen) atoms. The SMILES string of the molecule is CC(C)(C)c1ccc(C#CC2=C3OCCOC3=C(C#Cc3ccc(C(C)(C)C)cc3)S2(=O)=O)cc1. The van der Waals surface area contributed by atoms with E-state index in [2.05, 4.69) is 65.2 Å². The number of benzene rings is 2. The lowest BCUT2D eigenvalue weighted by Gasteiger charge is -2.18. The molecule has 4 rings (SSSR count). The van der Waals surface area contributed by atoms with Crippen molar-refractivity contribution >= 4 is 9.84 Å². The third kappa shape index (κ3) is 5.16. The molecule has 180 valence electrons. The highest BCUT2D eigenvalue weighted by Gasteiger charge is 2.41. The molecule has 0 N–H and O–H groups in total. The summed E-state index contributed by atoms with van der Waals surface area (Å²) < 4.78 is 38.2. The minimum absolute atomic E-state index is 0.0259. The molecule has 2 aliphatic rings. The molecule has 0 spiro atoms. The fourth-order valence-corrected chi connectivity index (χ4v) is 5.08. The van der Waals surface area contributed by atoms with E-state index in [-0.39, 0.29) is 45.4 Å². The van der Waals surface area contributed by atoms with E-state index < -0.39 is 9.84 Å². The van der Waals surface area contributed by atoms with Gasteiger partial charge in [0.2, 0.25) is 9.84 Å². The molecule has 0 unspecified atom stereocenters. The Balaban J connectivity index is 1.66. The number of rotatable bonds is 0. The monoisotopic (exact) mass is 486 g/mol. The molecule has 0 atom stereocenters. The second-order valence-corrected chi connectivity index (χ2v) is 12.5. The number of sulfone groups is 1. The van der Waals surface area contributed by atoms with Crippen LogP contribution < -0.4 is 0 Å². The van der Waals surface area contributed by atoms with Crippen LogP contribution in [0.3, 0.4) is 0 Å². The molecule has 5 heteroatoms. The molecule has 0 aliphatic carbocycles. The summed E-state index contributed by atoms with van der Waals surface area (Å²) in [4.78, 5) is -0.195. The van der Waals surface area contributed by atoms with Crippen molar-refractivity contribution in [2.45, 2.75) is 52.4 Å². The lowest BCUT2D eigenvalue weighted by atomic mass is 9.87. The van der Waals surface area contributed by atoms with Gasteiger partial charge in [0.15, 0.2) is 21.3 Å². The number of ether oxygens (including phenoxy) is 2. The molecule has 2 aromatic carbocycles. The zero-order chi connectivity index (χ0) is 25.4. The second kappa shape index (κ2) is 8.99. The molecule has 2 aromatic rings. The van der Waals surface area contributed by atoms with Gasteiger partial charge in [-0.1, -0.05) is 77.6 Å². The lowest BCUT2D eigenvalue weighted by Crippen LogP contribution is -2.13. The predicted molar refractivity (Wildman–Crippen MR) is 139 cm³/mol. The number of hydrogen-bond donors (Lipinski definition) is 0. The van der Waals surface area contributed by atoms with E-state index in [0.29, 0.717) is 0 Å². The molecule has 1 fully saturated rings. The van der Waals surface area contributed by atoms with Gasteiger partial charge in [0, 0.05) is 11.1 Å². The Bertz CT molecular complexity index is 1330. The van der Waals surface area contributed by atoms with Crippen LogP contribution in [-0.2, 0) is 30.1 Å². The van der Waals surface area contributed by atoms with Crippen LogP contribution in [-0.4, -0.2) is 21.6 Å². The van der Waals surface area contributed by atoms with Crippen molar-refractivity contribution in [3.8, 4) is 23.7 Å². The molecule has 4 nitrogen and oxygen atoms in total. The van der Waals surface area contributed by atoms with Crippen LogP contribution in [0.15, 0.2) is 69.9 Å². The van der Waals surface area contributed by atoms with Gasteiger partial charge in [0.25, 0.3) is 0 Å². The molecule has 0 aromatic heterocycles. The maximum absolute atomic E-state index is 13.4. The first-order valence-corrected chi connectivity index (χ1v) is 13.1. The summed E-state index contributed by atoms with van der Waals surface area (Å²) >= 11 is 0. The first-order chi connectivity index (χ1) is 16.4. The van der Waals surface area contributed by atoms with Crippen LogP contribution in [0, 0.1) is 23.7 Å². The number of hydrogen-bond acceptors (Lipinski definition) is 4. The maximum atomic E-state index is 13.4. The standard InChI is InChI=1S/C30H30O4S/c1-29(2,3)23-13-7-21(8-14-23)11-17-25-27-28(34-20-19-33-27)26(35(25,31)32)18-12-22-9-15-24(16-10-22)30(4,5)6/h7-10,13-16H,19-20H2,1-6H3. The Morgan fingerprint density at radius 1 is 0.600 bits per heavy atom. The third-order valence-corrected chi connectivity index (χ3v) is 7.52. The quantitative estimate of drug-likeness (QED) is 0.456. The van der Waals surface area contributed by atoms with E-state index in [0.717, 1.165) is 11.1 Å². The molecule has 0 amide bonds. The molecule has 2 aliphatic heterocycles. The Morgan fingerprint density at radius 2 is 0.943 bits per heavy atom. The molecular weight excluding hydrogens is 456 g/mol. The van der Waals surface area contributed by atoms with Crippen molar-refractivity contribution in [2.75, 3.05) is 13.2 Å². The van der Waals surface area contributed by atoms with Gasteiger partial charge in [-0.3, -0.25) is 0 Å². The van der Waals surface area contributed by atoms with Gasteiger partial charge in [-0.2, -0.15) is 0 Å². The average Bonchev–Trinajstić information content (AvgIpc) is 3.01. The molecule has 0 saturated carbocycles. The van der Waals surface area contributed by atoms with Gasteiger partial charge in [-0.15, -0.1) is 0 Å². The summed E-state index contributed by atoms with van der Waals surface area (Å²) in [5, 5.41) is 0. The third-order valence-electron chi connectivity index (χ3n) is 5.87. The Hall–Kier alpha value is -3.41. The highest BCUT2D eigenvalue weighted by Crippen LogP contribution is 2.38. The largest absolute Gasteiger partial charge is 0.484 e. The fourth-order valence-electron chi connectivity index (χ4n) is 3.71. The van der Waals surface area contributed by atoms with E-state index in [1.54, 1.807) is 0 Å². The van der Waals surface area contributed by atoms with Crippen LogP contribution in [0.5, 0.6) is 0 Å². The van der Waals surface area contributed by atoms with Crippen molar-refractivity contribution in [3.63, 3.8) is 0 Å². The summed E-state index contributed by atoms with van der Waals surface area (Å²) in [6, 6.07) is 15.6. The number of allylic oxidation sites excluding steroid dienone is 2. The van der Waals surface area contributed by atoms with E-state index in [9.17, 15) is 8.42 Å². The van der Waals surface area contributed by atoms with Crippen LogP contribution in [0.4, 0.5) is 0 Å². The van der Waals surface area contributed by atoms with Gasteiger partial charge >= 0.3 is 0 Å². The molecule has 0 bridgehead atoms. The van der Waals surface area contributed by atoms with Gasteiger partial charge in [0.05, 0.1) is 0 Å². The predicted octanol–water partition coefficient (Wildman–Crippen LogP) is 5.58. The number of fused-ring (bicyclic) bond motifs is 1. The summed E-state index contributed by atoms with van der Waals surface area (Å²) in [5.41, 5.74) is 3.85. The van der Waals surface area contributed by atoms with Gasteiger partial charge in [0.1, 0.15) is 13.2 Å². The summed E-state index contributed by atoms with van der Waals surface area (Å²) in [5.74, 6) is 11.9.